The Labute approximate surface area is 207 Å². The summed E-state index contributed by atoms with van der Waals surface area (Å²) in [5, 5.41) is 5.20. The number of ether oxygens (including phenoxy) is 2. The Hall–Kier alpha value is -2.06. The Morgan fingerprint density at radius 2 is 2.06 bits per heavy atom. The van der Waals surface area contributed by atoms with Gasteiger partial charge in [0, 0.05) is 42.6 Å². The van der Waals surface area contributed by atoms with Crippen LogP contribution in [-0.2, 0) is 4.74 Å². The molecule has 1 fully saturated rings. The zero-order chi connectivity index (χ0) is 22.0. The van der Waals surface area contributed by atoms with Crippen molar-refractivity contribution in [1.82, 2.24) is 15.2 Å². The number of fused-ring (bicyclic) bond motifs is 3. The van der Waals surface area contributed by atoms with Crippen molar-refractivity contribution in [3.05, 3.63) is 35.7 Å². The molecule has 0 bridgehead atoms. The van der Waals surface area contributed by atoms with E-state index in [0.29, 0.717) is 35.8 Å². The number of furan rings is 1. The molecule has 0 saturated carbocycles. The topological polar surface area (TPSA) is 76.8 Å². The average molecular weight is 498 g/mol. The molecule has 1 atom stereocenters. The fraction of sp³-hybridized carbons (Fsp3) is 0.500. The van der Waals surface area contributed by atoms with E-state index in [1.165, 1.54) is 0 Å². The van der Waals surface area contributed by atoms with Gasteiger partial charge >= 0.3 is 0 Å². The Kier molecular flexibility index (Phi) is 9.79. The van der Waals surface area contributed by atoms with Gasteiger partial charge in [0.1, 0.15) is 29.3 Å². The Morgan fingerprint density at radius 3 is 2.73 bits per heavy atom. The number of aryl methyl sites for hydroxylation is 1. The van der Waals surface area contributed by atoms with E-state index in [-0.39, 0.29) is 42.8 Å². The van der Waals surface area contributed by atoms with Gasteiger partial charge in [0.15, 0.2) is 5.58 Å². The SMILES string of the molecule is COCCOc1cc(C(=O)N(C(C)C)[C@@H]2CCCNC2)nc2c1ccc1cc(C)oc12.Cl.Cl. The van der Waals surface area contributed by atoms with Gasteiger partial charge in [-0.25, -0.2) is 4.98 Å². The van der Waals surface area contributed by atoms with E-state index >= 15 is 0 Å². The number of aromatic nitrogens is 1. The van der Waals surface area contributed by atoms with Crippen LogP contribution in [0.1, 0.15) is 42.9 Å². The third-order valence-corrected chi connectivity index (χ3v) is 5.77. The molecule has 1 amide bonds. The molecule has 3 aromatic rings. The molecule has 1 aromatic carbocycles. The lowest BCUT2D eigenvalue weighted by Gasteiger charge is -2.37. The minimum Gasteiger partial charge on any atom is -0.490 e. The van der Waals surface area contributed by atoms with Crippen LogP contribution in [0.2, 0.25) is 0 Å². The third-order valence-electron chi connectivity index (χ3n) is 5.77. The number of hydrogen-bond donors (Lipinski definition) is 1. The summed E-state index contributed by atoms with van der Waals surface area (Å²) in [4.78, 5) is 20.4. The lowest BCUT2D eigenvalue weighted by molar-refractivity contribution is 0.0567. The molecule has 1 aliphatic heterocycles. The minimum absolute atomic E-state index is 0. The van der Waals surface area contributed by atoms with E-state index < -0.39 is 0 Å². The van der Waals surface area contributed by atoms with Crippen molar-refractivity contribution in [3.8, 4) is 5.75 Å². The number of benzene rings is 1. The van der Waals surface area contributed by atoms with E-state index in [0.717, 1.165) is 42.5 Å². The highest BCUT2D eigenvalue weighted by atomic mass is 35.5. The molecule has 0 aliphatic carbocycles. The van der Waals surface area contributed by atoms with Crippen LogP contribution in [0.3, 0.4) is 0 Å². The Balaban J connectivity index is 0.00000193. The van der Waals surface area contributed by atoms with Crippen LogP contribution in [0.15, 0.2) is 28.7 Å². The quantitative estimate of drug-likeness (QED) is 0.474. The number of carbonyl (C=O) groups excluding carboxylic acids is 1. The van der Waals surface area contributed by atoms with E-state index in [4.69, 9.17) is 18.9 Å². The zero-order valence-corrected chi connectivity index (χ0v) is 21.2. The molecule has 2 aromatic heterocycles. The Morgan fingerprint density at radius 1 is 1.27 bits per heavy atom. The van der Waals surface area contributed by atoms with Crippen molar-refractivity contribution in [2.45, 2.75) is 45.7 Å². The maximum Gasteiger partial charge on any atom is 0.273 e. The first-order chi connectivity index (χ1) is 15.0. The van der Waals surface area contributed by atoms with Gasteiger partial charge in [-0.15, -0.1) is 24.8 Å². The highest BCUT2D eigenvalue weighted by Gasteiger charge is 2.30. The number of piperidine rings is 1. The summed E-state index contributed by atoms with van der Waals surface area (Å²) in [6, 6.07) is 7.92. The van der Waals surface area contributed by atoms with Gasteiger partial charge in [-0.05, 0) is 52.3 Å². The van der Waals surface area contributed by atoms with Gasteiger partial charge in [0.25, 0.3) is 5.91 Å². The second-order valence-corrected chi connectivity index (χ2v) is 8.39. The number of amides is 1. The summed E-state index contributed by atoms with van der Waals surface area (Å²) in [5.74, 6) is 1.34. The van der Waals surface area contributed by atoms with Gasteiger partial charge in [0.05, 0.1) is 6.61 Å². The molecular formula is C24H33Cl2N3O4. The number of carbonyl (C=O) groups is 1. The maximum atomic E-state index is 13.7. The van der Waals surface area contributed by atoms with Crippen molar-refractivity contribution in [1.29, 1.82) is 0 Å². The molecule has 1 aliphatic rings. The number of halogens is 2. The monoisotopic (exact) mass is 497 g/mol. The van der Waals surface area contributed by atoms with Crippen LogP contribution in [-0.4, -0.2) is 61.3 Å². The second-order valence-electron chi connectivity index (χ2n) is 8.39. The first kappa shape index (κ1) is 27.2. The number of rotatable bonds is 7. The van der Waals surface area contributed by atoms with E-state index in [9.17, 15) is 4.79 Å². The van der Waals surface area contributed by atoms with Crippen molar-refractivity contribution in [3.63, 3.8) is 0 Å². The van der Waals surface area contributed by atoms with Crippen molar-refractivity contribution in [2.75, 3.05) is 33.4 Å². The van der Waals surface area contributed by atoms with Crippen LogP contribution in [0.5, 0.6) is 5.75 Å². The van der Waals surface area contributed by atoms with E-state index in [1.54, 1.807) is 13.2 Å². The summed E-state index contributed by atoms with van der Waals surface area (Å²) < 4.78 is 17.1. The molecule has 4 rings (SSSR count). The van der Waals surface area contributed by atoms with Crippen molar-refractivity contribution in [2.24, 2.45) is 0 Å². The van der Waals surface area contributed by atoms with Crippen LogP contribution >= 0.6 is 24.8 Å². The third kappa shape index (κ3) is 5.72. The van der Waals surface area contributed by atoms with Gasteiger partial charge in [-0.1, -0.05) is 6.07 Å². The maximum absolute atomic E-state index is 13.7. The fourth-order valence-corrected chi connectivity index (χ4v) is 4.37. The van der Waals surface area contributed by atoms with Gasteiger partial charge in [-0.2, -0.15) is 0 Å². The molecule has 0 radical (unpaired) electrons. The predicted octanol–water partition coefficient (Wildman–Crippen LogP) is 4.76. The molecule has 9 heteroatoms. The average Bonchev–Trinajstić information content (AvgIpc) is 3.15. The lowest BCUT2D eigenvalue weighted by Crippen LogP contribution is -2.51. The molecule has 0 unspecified atom stereocenters. The van der Waals surface area contributed by atoms with Crippen LogP contribution in [0.25, 0.3) is 21.9 Å². The Bertz CT molecular complexity index is 1080. The van der Waals surface area contributed by atoms with E-state index in [2.05, 4.69) is 19.2 Å². The molecule has 33 heavy (non-hydrogen) atoms. The summed E-state index contributed by atoms with van der Waals surface area (Å²) in [7, 11) is 1.64. The number of pyridine rings is 1. The predicted molar refractivity (Wildman–Crippen MR) is 135 cm³/mol. The van der Waals surface area contributed by atoms with Crippen molar-refractivity contribution >= 4 is 52.6 Å². The molecular weight excluding hydrogens is 465 g/mol. The molecule has 3 heterocycles. The standard InChI is InChI=1S/C24H31N3O4.2ClH/c1-15(2)27(18-6-5-9-25-14-18)24(28)20-13-21(30-11-10-29-4)19-8-7-17-12-16(3)31-23(17)22(19)26-20;;/h7-8,12-13,15,18,25H,5-6,9-11,14H2,1-4H3;2*1H/t18-;;/m1../s1. The number of methoxy groups -OCH3 is 1. The van der Waals surface area contributed by atoms with Gasteiger partial charge in [0.2, 0.25) is 0 Å². The van der Waals surface area contributed by atoms with E-state index in [1.807, 2.05) is 30.0 Å². The summed E-state index contributed by atoms with van der Waals surface area (Å²) in [6.07, 6.45) is 2.05. The van der Waals surface area contributed by atoms with Crippen LogP contribution in [0.4, 0.5) is 0 Å². The fourth-order valence-electron chi connectivity index (χ4n) is 4.37. The highest BCUT2D eigenvalue weighted by Crippen LogP contribution is 2.33. The molecule has 182 valence electrons. The molecule has 1 saturated heterocycles. The summed E-state index contributed by atoms with van der Waals surface area (Å²) in [6.45, 7) is 8.66. The highest BCUT2D eigenvalue weighted by molar-refractivity contribution is 6.06. The largest absolute Gasteiger partial charge is 0.490 e. The number of nitrogens with one attached hydrogen (secondary N) is 1. The lowest BCUT2D eigenvalue weighted by atomic mass is 10.0. The first-order valence-electron chi connectivity index (χ1n) is 11.0. The van der Waals surface area contributed by atoms with Crippen LogP contribution in [0, 0.1) is 6.92 Å². The molecule has 0 spiro atoms. The number of hydrogen-bond acceptors (Lipinski definition) is 6. The van der Waals surface area contributed by atoms with Crippen molar-refractivity contribution < 1.29 is 18.7 Å². The second kappa shape index (κ2) is 11.9. The number of nitrogens with zero attached hydrogens (tertiary/aromatic N) is 2. The first-order valence-corrected chi connectivity index (χ1v) is 11.0. The summed E-state index contributed by atoms with van der Waals surface area (Å²) >= 11 is 0. The normalized spacial score (nSPS) is 15.8. The molecule has 7 nitrogen and oxygen atoms in total. The summed E-state index contributed by atoms with van der Waals surface area (Å²) in [5.41, 5.74) is 1.70. The minimum atomic E-state index is -0.0810. The smallest absolute Gasteiger partial charge is 0.273 e. The van der Waals surface area contributed by atoms with Gasteiger partial charge in [-0.3, -0.25) is 4.79 Å². The van der Waals surface area contributed by atoms with Gasteiger partial charge < -0.3 is 24.1 Å². The van der Waals surface area contributed by atoms with Crippen LogP contribution < -0.4 is 10.1 Å². The zero-order valence-electron chi connectivity index (χ0n) is 19.6. The molecule has 1 N–H and O–H groups in total.